The average Bonchev–Trinajstić information content (AvgIpc) is 2.34. The Hall–Kier alpha value is -1.46. The summed E-state index contributed by atoms with van der Waals surface area (Å²) >= 11 is 11.8. The number of hydrogen-bond acceptors (Lipinski definition) is 3. The topological polar surface area (TPSA) is 87.7 Å². The molecule has 1 aromatic rings. The summed E-state index contributed by atoms with van der Waals surface area (Å²) in [5.74, 6) is -0.217. The van der Waals surface area contributed by atoms with E-state index >= 15 is 0 Å². The van der Waals surface area contributed by atoms with Gasteiger partial charge in [-0.25, -0.2) is 0 Å². The molecule has 1 rings (SSSR count). The number of amides is 1. The molecule has 0 spiro atoms. The first-order valence-corrected chi connectivity index (χ1v) is 6.00. The van der Waals surface area contributed by atoms with Crippen molar-refractivity contribution < 1.29 is 10.0 Å². The number of rotatable bonds is 5. The Morgan fingerprint density at radius 2 is 2.00 bits per heavy atom. The largest absolute Gasteiger partial charge is 0.409 e. The zero-order valence-electron chi connectivity index (χ0n) is 9.49. The Kier molecular flexibility index (Phi) is 5.74. The van der Waals surface area contributed by atoms with Crippen LogP contribution in [0.5, 0.6) is 0 Å². The van der Waals surface area contributed by atoms with Crippen molar-refractivity contribution in [3.8, 4) is 0 Å². The molecule has 0 heterocycles. The van der Waals surface area contributed by atoms with Crippen LogP contribution in [0.15, 0.2) is 23.4 Å². The Balaban J connectivity index is 2.51. The minimum Gasteiger partial charge on any atom is -0.409 e. The number of benzene rings is 1. The van der Waals surface area contributed by atoms with Crippen molar-refractivity contribution in [2.24, 2.45) is 10.9 Å². The molecule has 0 aliphatic carbocycles. The molecule has 18 heavy (non-hydrogen) atoms. The lowest BCUT2D eigenvalue weighted by Gasteiger charge is -2.07. The van der Waals surface area contributed by atoms with Crippen LogP contribution < -0.4 is 11.1 Å². The highest BCUT2D eigenvalue weighted by molar-refractivity contribution is 6.39. The van der Waals surface area contributed by atoms with E-state index in [-0.39, 0.29) is 17.3 Å². The Bertz CT molecular complexity index is 443. The van der Waals surface area contributed by atoms with E-state index in [2.05, 4.69) is 10.5 Å². The fraction of sp³-hybridized carbons (Fsp3) is 0.273. The lowest BCUT2D eigenvalue weighted by Crippen LogP contribution is -2.26. The third-order valence-electron chi connectivity index (χ3n) is 2.21. The number of nitrogens with zero attached hydrogens (tertiary/aromatic N) is 1. The van der Waals surface area contributed by atoms with Gasteiger partial charge in [0.25, 0.3) is 5.91 Å². The van der Waals surface area contributed by atoms with Gasteiger partial charge in [-0.15, -0.1) is 0 Å². The molecule has 7 heteroatoms. The van der Waals surface area contributed by atoms with Crippen molar-refractivity contribution in [1.82, 2.24) is 5.32 Å². The third kappa shape index (κ3) is 4.09. The Labute approximate surface area is 115 Å². The first kappa shape index (κ1) is 14.6. The zero-order valence-corrected chi connectivity index (χ0v) is 11.0. The van der Waals surface area contributed by atoms with E-state index in [1.165, 1.54) is 0 Å². The molecular formula is C11H13Cl2N3O2. The summed E-state index contributed by atoms with van der Waals surface area (Å²) in [4.78, 5) is 11.8. The van der Waals surface area contributed by atoms with Crippen LogP contribution >= 0.6 is 23.2 Å². The van der Waals surface area contributed by atoms with E-state index in [1.807, 2.05) is 0 Å². The molecule has 0 bridgehead atoms. The van der Waals surface area contributed by atoms with E-state index in [0.717, 1.165) is 0 Å². The van der Waals surface area contributed by atoms with Gasteiger partial charge in [-0.2, -0.15) is 0 Å². The second-order valence-corrected chi connectivity index (χ2v) is 4.36. The SMILES string of the molecule is N/C(CCCNC(=O)c1c(Cl)cccc1Cl)=N/O. The van der Waals surface area contributed by atoms with Gasteiger partial charge in [-0.3, -0.25) is 4.79 Å². The van der Waals surface area contributed by atoms with Crippen molar-refractivity contribution in [3.05, 3.63) is 33.8 Å². The molecule has 0 unspecified atom stereocenters. The molecule has 0 saturated heterocycles. The highest BCUT2D eigenvalue weighted by atomic mass is 35.5. The molecule has 0 aliphatic rings. The molecule has 98 valence electrons. The quantitative estimate of drug-likeness (QED) is 0.255. The first-order valence-electron chi connectivity index (χ1n) is 5.25. The van der Waals surface area contributed by atoms with E-state index in [4.69, 9.17) is 34.1 Å². The predicted molar refractivity (Wildman–Crippen MR) is 71.4 cm³/mol. The van der Waals surface area contributed by atoms with Gasteiger partial charge in [0.1, 0.15) is 5.84 Å². The molecule has 0 saturated carbocycles. The highest BCUT2D eigenvalue weighted by Gasteiger charge is 2.13. The molecule has 0 radical (unpaired) electrons. The fourth-order valence-corrected chi connectivity index (χ4v) is 1.89. The first-order chi connectivity index (χ1) is 8.56. The third-order valence-corrected chi connectivity index (χ3v) is 2.84. The summed E-state index contributed by atoms with van der Waals surface area (Å²) in [5.41, 5.74) is 5.55. The zero-order chi connectivity index (χ0) is 13.5. The van der Waals surface area contributed by atoms with E-state index in [1.54, 1.807) is 18.2 Å². The second kappa shape index (κ2) is 7.08. The van der Waals surface area contributed by atoms with Crippen molar-refractivity contribution in [3.63, 3.8) is 0 Å². The van der Waals surface area contributed by atoms with Crippen LogP contribution in [-0.4, -0.2) is 23.5 Å². The number of oxime groups is 1. The lowest BCUT2D eigenvalue weighted by atomic mass is 10.2. The summed E-state index contributed by atoms with van der Waals surface area (Å²) in [6.07, 6.45) is 0.955. The number of hydrogen-bond donors (Lipinski definition) is 3. The van der Waals surface area contributed by atoms with Gasteiger partial charge in [0.05, 0.1) is 15.6 Å². The lowest BCUT2D eigenvalue weighted by molar-refractivity contribution is 0.0953. The molecular weight excluding hydrogens is 277 g/mol. The standard InChI is InChI=1S/C11H13Cl2N3O2/c12-7-3-1-4-8(13)10(7)11(17)15-6-2-5-9(14)16-18/h1,3-4,18H,2,5-6H2,(H2,14,16)(H,15,17). The molecule has 5 nitrogen and oxygen atoms in total. The minimum atomic E-state index is -0.342. The number of carbonyl (C=O) groups excluding carboxylic acids is 1. The maximum absolute atomic E-state index is 11.8. The minimum absolute atomic E-state index is 0.125. The number of nitrogens with one attached hydrogen (secondary N) is 1. The Morgan fingerprint density at radius 1 is 1.39 bits per heavy atom. The molecule has 0 atom stereocenters. The van der Waals surface area contributed by atoms with Crippen molar-refractivity contribution in [2.75, 3.05) is 6.54 Å². The van der Waals surface area contributed by atoms with Crippen molar-refractivity contribution in [1.29, 1.82) is 0 Å². The van der Waals surface area contributed by atoms with Gasteiger partial charge >= 0.3 is 0 Å². The molecule has 0 aromatic heterocycles. The monoisotopic (exact) mass is 289 g/mol. The average molecular weight is 290 g/mol. The van der Waals surface area contributed by atoms with Gasteiger partial charge in [-0.1, -0.05) is 34.4 Å². The predicted octanol–water partition coefficient (Wildman–Crippen LogP) is 2.25. The van der Waals surface area contributed by atoms with Crippen LogP contribution in [0.4, 0.5) is 0 Å². The number of halogens is 2. The summed E-state index contributed by atoms with van der Waals surface area (Å²) in [5, 5.41) is 14.4. The molecule has 4 N–H and O–H groups in total. The van der Waals surface area contributed by atoms with Gasteiger partial charge in [0.15, 0.2) is 0 Å². The summed E-state index contributed by atoms with van der Waals surface area (Å²) < 4.78 is 0. The van der Waals surface area contributed by atoms with Crippen LogP contribution in [-0.2, 0) is 0 Å². The summed E-state index contributed by atoms with van der Waals surface area (Å²) in [7, 11) is 0. The van der Waals surface area contributed by atoms with Gasteiger partial charge in [-0.05, 0) is 18.6 Å². The van der Waals surface area contributed by atoms with Crippen LogP contribution in [0, 0.1) is 0 Å². The number of carbonyl (C=O) groups is 1. The summed E-state index contributed by atoms with van der Waals surface area (Å²) in [6.45, 7) is 0.386. The highest BCUT2D eigenvalue weighted by Crippen LogP contribution is 2.23. The van der Waals surface area contributed by atoms with Gasteiger partial charge < -0.3 is 16.3 Å². The number of nitrogens with two attached hydrogens (primary N) is 1. The molecule has 0 fully saturated rings. The van der Waals surface area contributed by atoms with E-state index in [0.29, 0.717) is 29.4 Å². The van der Waals surface area contributed by atoms with Crippen LogP contribution in [0.1, 0.15) is 23.2 Å². The second-order valence-electron chi connectivity index (χ2n) is 3.55. The van der Waals surface area contributed by atoms with Gasteiger partial charge in [0.2, 0.25) is 0 Å². The smallest absolute Gasteiger partial charge is 0.254 e. The molecule has 1 amide bonds. The molecule has 0 aliphatic heterocycles. The van der Waals surface area contributed by atoms with Crippen LogP contribution in [0.3, 0.4) is 0 Å². The Morgan fingerprint density at radius 3 is 2.56 bits per heavy atom. The molecule has 1 aromatic carbocycles. The maximum atomic E-state index is 11.8. The van der Waals surface area contributed by atoms with Crippen LogP contribution in [0.25, 0.3) is 0 Å². The summed E-state index contributed by atoms with van der Waals surface area (Å²) in [6, 6.07) is 4.86. The van der Waals surface area contributed by atoms with Crippen molar-refractivity contribution >= 4 is 34.9 Å². The normalized spacial score (nSPS) is 11.3. The van der Waals surface area contributed by atoms with Crippen molar-refractivity contribution in [2.45, 2.75) is 12.8 Å². The van der Waals surface area contributed by atoms with E-state index in [9.17, 15) is 4.79 Å². The van der Waals surface area contributed by atoms with E-state index < -0.39 is 0 Å². The number of amidine groups is 1. The fourth-order valence-electron chi connectivity index (χ4n) is 1.32. The van der Waals surface area contributed by atoms with Crippen LogP contribution in [0.2, 0.25) is 10.0 Å². The van der Waals surface area contributed by atoms with Gasteiger partial charge in [0, 0.05) is 13.0 Å². The maximum Gasteiger partial charge on any atom is 0.254 e.